The minimum absolute atomic E-state index is 0.0934. The van der Waals surface area contributed by atoms with Gasteiger partial charge in [-0.1, -0.05) is 19.9 Å². The number of hydrogen-bond acceptors (Lipinski definition) is 6. The van der Waals surface area contributed by atoms with Gasteiger partial charge in [-0.15, -0.1) is 0 Å². The van der Waals surface area contributed by atoms with Gasteiger partial charge in [0.05, 0.1) is 18.5 Å². The second-order valence-electron chi connectivity index (χ2n) is 10.4. The zero-order valence-corrected chi connectivity index (χ0v) is 19.1. The number of rotatable bonds is 5. The molecule has 172 valence electrons. The van der Waals surface area contributed by atoms with Gasteiger partial charge >= 0.3 is 5.97 Å². The number of allylic oxidation sites excluding steroid dienone is 4. The number of Topliss-reactive ketones (excluding diaryl/α,β-unsaturated/α-hetero) is 1. The van der Waals surface area contributed by atoms with E-state index in [0.29, 0.717) is 19.4 Å². The van der Waals surface area contributed by atoms with Gasteiger partial charge in [-0.25, -0.2) is 0 Å². The van der Waals surface area contributed by atoms with E-state index in [0.717, 1.165) is 31.4 Å². The summed E-state index contributed by atoms with van der Waals surface area (Å²) in [6.07, 6.45) is 7.95. The topological polar surface area (TPSA) is 93.1 Å². The van der Waals surface area contributed by atoms with Gasteiger partial charge in [0.2, 0.25) is 5.78 Å². The largest absolute Gasteiger partial charge is 0.498 e. The number of ether oxygens (including phenoxy) is 2. The van der Waals surface area contributed by atoms with Gasteiger partial charge < -0.3 is 19.7 Å². The Morgan fingerprint density at radius 3 is 2.68 bits per heavy atom. The van der Waals surface area contributed by atoms with Crippen molar-refractivity contribution in [2.24, 2.45) is 28.6 Å². The van der Waals surface area contributed by atoms with Crippen molar-refractivity contribution in [1.29, 1.82) is 0 Å². The fourth-order valence-electron chi connectivity index (χ4n) is 7.48. The van der Waals surface area contributed by atoms with Crippen LogP contribution in [-0.4, -0.2) is 46.9 Å². The molecular weight excluding hydrogens is 396 g/mol. The summed E-state index contributed by atoms with van der Waals surface area (Å²) in [5.41, 5.74) is -1.18. The maximum absolute atomic E-state index is 12.9. The zero-order chi connectivity index (χ0) is 22.6. The zero-order valence-electron chi connectivity index (χ0n) is 19.1. The molecule has 0 amide bonds. The molecule has 0 unspecified atom stereocenters. The van der Waals surface area contributed by atoms with Gasteiger partial charge in [-0.05, 0) is 73.8 Å². The van der Waals surface area contributed by atoms with Crippen LogP contribution in [0.15, 0.2) is 23.5 Å². The van der Waals surface area contributed by atoms with E-state index in [-0.39, 0.29) is 23.2 Å². The number of ketones is 1. The van der Waals surface area contributed by atoms with E-state index in [1.165, 1.54) is 12.5 Å². The lowest BCUT2D eigenvalue weighted by molar-refractivity contribution is -0.181. The summed E-state index contributed by atoms with van der Waals surface area (Å²) in [5.74, 6) is 0.481. The summed E-state index contributed by atoms with van der Waals surface area (Å²) in [5, 5.41) is 23.0. The first-order valence-electron chi connectivity index (χ1n) is 11.7. The van der Waals surface area contributed by atoms with Crippen molar-refractivity contribution in [3.63, 3.8) is 0 Å². The van der Waals surface area contributed by atoms with Gasteiger partial charge in [0, 0.05) is 18.8 Å². The number of aliphatic hydroxyl groups excluding tert-OH is 1. The summed E-state index contributed by atoms with van der Waals surface area (Å²) in [4.78, 5) is 24.1. The van der Waals surface area contributed by atoms with Gasteiger partial charge in [0.1, 0.15) is 5.60 Å². The van der Waals surface area contributed by atoms with E-state index < -0.39 is 35.5 Å². The van der Waals surface area contributed by atoms with Gasteiger partial charge in [-0.2, -0.15) is 0 Å². The molecule has 2 N–H and O–H groups in total. The molecule has 0 aromatic carbocycles. The van der Waals surface area contributed by atoms with E-state index in [2.05, 4.69) is 19.1 Å². The maximum atomic E-state index is 12.9. The van der Waals surface area contributed by atoms with Crippen molar-refractivity contribution in [2.75, 3.05) is 13.2 Å². The van der Waals surface area contributed by atoms with E-state index in [4.69, 9.17) is 9.47 Å². The van der Waals surface area contributed by atoms with E-state index in [1.54, 1.807) is 0 Å². The molecular formula is C25H36O6. The van der Waals surface area contributed by atoms with Crippen molar-refractivity contribution >= 4 is 11.8 Å². The quantitative estimate of drug-likeness (QED) is 0.648. The molecule has 4 rings (SSSR count). The maximum Gasteiger partial charge on any atom is 0.303 e. The van der Waals surface area contributed by atoms with Crippen molar-refractivity contribution in [1.82, 2.24) is 0 Å². The highest BCUT2D eigenvalue weighted by atomic mass is 16.5. The van der Waals surface area contributed by atoms with Crippen molar-refractivity contribution in [3.05, 3.63) is 23.5 Å². The fraction of sp³-hybridized carbons (Fsp3) is 0.760. The molecule has 4 aliphatic carbocycles. The highest BCUT2D eigenvalue weighted by Crippen LogP contribution is 2.67. The first-order valence-corrected chi connectivity index (χ1v) is 11.7. The highest BCUT2D eigenvalue weighted by molar-refractivity contribution is 5.91. The lowest BCUT2D eigenvalue weighted by Gasteiger charge is -2.59. The summed E-state index contributed by atoms with van der Waals surface area (Å²) in [6, 6.07) is 0. The average molecular weight is 433 g/mol. The Labute approximate surface area is 184 Å². The second kappa shape index (κ2) is 7.73. The number of fused-ring (bicyclic) bond motifs is 5. The number of hydrogen-bond donors (Lipinski definition) is 2. The van der Waals surface area contributed by atoms with Crippen LogP contribution in [0.5, 0.6) is 0 Å². The third kappa shape index (κ3) is 3.29. The lowest BCUT2D eigenvalue weighted by Crippen LogP contribution is -2.61. The Bertz CT molecular complexity index is 830. The molecule has 7 atom stereocenters. The number of carbonyl (C=O) groups excluding carboxylic acids is 2. The molecule has 6 nitrogen and oxygen atoms in total. The van der Waals surface area contributed by atoms with Gasteiger partial charge in [0.25, 0.3) is 0 Å². The monoisotopic (exact) mass is 432 g/mol. The summed E-state index contributed by atoms with van der Waals surface area (Å²) in [6.45, 7) is 7.71. The molecule has 0 bridgehead atoms. The minimum Gasteiger partial charge on any atom is -0.498 e. The molecule has 0 spiro atoms. The molecule has 2 fully saturated rings. The molecule has 0 aromatic rings. The van der Waals surface area contributed by atoms with Crippen LogP contribution in [0.2, 0.25) is 0 Å². The molecule has 4 aliphatic rings. The van der Waals surface area contributed by atoms with Crippen molar-refractivity contribution in [2.45, 2.75) is 77.9 Å². The standard InChI is InChI=1S/C25H36O6/c1-5-30-17-8-10-23(3)16(12-17)6-7-18-19-9-11-25(29,21(28)14-31-15(2)26)24(19,4)13-20(27)22(18)23/h6,12,18-20,22,27,29H,5,7-11,13-14H2,1-4H3/t18-,19+,20+,22+,23+,24+,25-/m0/s1. The summed E-state index contributed by atoms with van der Waals surface area (Å²) >= 11 is 0. The van der Waals surface area contributed by atoms with E-state index >= 15 is 0 Å². The van der Waals surface area contributed by atoms with E-state index in [9.17, 15) is 19.8 Å². The van der Waals surface area contributed by atoms with Crippen molar-refractivity contribution in [3.8, 4) is 0 Å². The second-order valence-corrected chi connectivity index (χ2v) is 10.4. The fourth-order valence-corrected chi connectivity index (χ4v) is 7.48. The molecule has 31 heavy (non-hydrogen) atoms. The molecule has 0 aromatic heterocycles. The molecule has 0 aliphatic heterocycles. The Balaban J connectivity index is 1.65. The van der Waals surface area contributed by atoms with Crippen LogP contribution in [0.3, 0.4) is 0 Å². The highest BCUT2D eigenvalue weighted by Gasteiger charge is 2.68. The SMILES string of the molecule is CCOC1=CC2=CC[C@@H]3[C@H]([C@H](O)C[C@]4(C)[C@@H]3CC[C@]4(O)C(=O)COC(C)=O)[C@]2(C)CC1. The third-order valence-corrected chi connectivity index (χ3v) is 9.02. The summed E-state index contributed by atoms with van der Waals surface area (Å²) in [7, 11) is 0. The molecule has 2 saturated carbocycles. The van der Waals surface area contributed by atoms with Crippen LogP contribution in [0.4, 0.5) is 0 Å². The van der Waals surface area contributed by atoms with Crippen LogP contribution < -0.4 is 0 Å². The van der Waals surface area contributed by atoms with Crippen LogP contribution in [0, 0.1) is 28.6 Å². The normalized spacial score (nSPS) is 43.7. The first-order chi connectivity index (χ1) is 14.6. The Kier molecular flexibility index (Phi) is 5.62. The Hall–Kier alpha value is -1.66. The van der Waals surface area contributed by atoms with Crippen LogP contribution in [0.25, 0.3) is 0 Å². The average Bonchev–Trinajstić information content (AvgIpc) is 2.98. The number of aliphatic hydroxyl groups is 2. The van der Waals surface area contributed by atoms with E-state index in [1.807, 2.05) is 13.8 Å². The molecule has 6 heteroatoms. The van der Waals surface area contributed by atoms with Crippen LogP contribution in [-0.2, 0) is 19.1 Å². The molecule has 0 saturated heterocycles. The first kappa shape index (κ1) is 22.5. The minimum atomic E-state index is -1.57. The molecule has 0 radical (unpaired) electrons. The van der Waals surface area contributed by atoms with Gasteiger partial charge in [0.15, 0.2) is 6.61 Å². The smallest absolute Gasteiger partial charge is 0.303 e. The molecule has 0 heterocycles. The third-order valence-electron chi connectivity index (χ3n) is 9.02. The predicted molar refractivity (Wildman–Crippen MR) is 115 cm³/mol. The number of carbonyl (C=O) groups is 2. The lowest BCUT2D eigenvalue weighted by atomic mass is 9.46. The van der Waals surface area contributed by atoms with Crippen molar-refractivity contribution < 1.29 is 29.3 Å². The Morgan fingerprint density at radius 2 is 2.00 bits per heavy atom. The Morgan fingerprint density at radius 1 is 1.26 bits per heavy atom. The number of esters is 1. The summed E-state index contributed by atoms with van der Waals surface area (Å²) < 4.78 is 10.7. The van der Waals surface area contributed by atoms with Gasteiger partial charge in [-0.3, -0.25) is 9.59 Å². The van der Waals surface area contributed by atoms with Crippen LogP contribution in [0.1, 0.15) is 66.2 Å². The van der Waals surface area contributed by atoms with Crippen LogP contribution >= 0.6 is 0 Å². The predicted octanol–water partition coefficient (Wildman–Crippen LogP) is 3.31.